The highest BCUT2D eigenvalue weighted by Gasteiger charge is 2.35. The van der Waals surface area contributed by atoms with Crippen molar-refractivity contribution < 1.29 is 9.32 Å². The van der Waals surface area contributed by atoms with Crippen LogP contribution in [0.3, 0.4) is 0 Å². The zero-order valence-electron chi connectivity index (χ0n) is 13.7. The highest BCUT2D eigenvalue weighted by Crippen LogP contribution is 2.32. The molecule has 0 bridgehead atoms. The minimum absolute atomic E-state index is 0.285. The molecule has 24 heavy (non-hydrogen) atoms. The summed E-state index contributed by atoms with van der Waals surface area (Å²) in [5.74, 6) is 1.87. The minimum Gasteiger partial charge on any atom is -0.339 e. The molecule has 1 saturated carbocycles. The van der Waals surface area contributed by atoms with Crippen LogP contribution < -0.4 is 0 Å². The third-order valence-corrected chi connectivity index (χ3v) is 5.19. The van der Waals surface area contributed by atoms with Crippen molar-refractivity contribution in [3.8, 4) is 11.5 Å². The highest BCUT2D eigenvalue weighted by atomic mass is 16.5. The summed E-state index contributed by atoms with van der Waals surface area (Å²) in [6, 6.07) is 4.08. The van der Waals surface area contributed by atoms with Gasteiger partial charge in [0.05, 0.1) is 5.56 Å². The normalized spacial score (nSPS) is 21.0. The van der Waals surface area contributed by atoms with Gasteiger partial charge in [-0.05, 0) is 44.2 Å². The van der Waals surface area contributed by atoms with E-state index >= 15 is 0 Å². The minimum atomic E-state index is 0.285. The number of aromatic nitrogens is 3. The van der Waals surface area contributed by atoms with E-state index in [2.05, 4.69) is 20.0 Å². The van der Waals surface area contributed by atoms with Crippen LogP contribution in [0, 0.1) is 5.92 Å². The van der Waals surface area contributed by atoms with Gasteiger partial charge in [0.1, 0.15) is 0 Å². The third-order valence-electron chi connectivity index (χ3n) is 5.19. The van der Waals surface area contributed by atoms with Gasteiger partial charge in [0, 0.05) is 37.3 Å². The summed E-state index contributed by atoms with van der Waals surface area (Å²) in [6.07, 6.45) is 10.6. The number of likely N-dealkylation sites (tertiary alicyclic amines) is 1. The van der Waals surface area contributed by atoms with E-state index in [1.165, 1.54) is 6.42 Å². The first kappa shape index (κ1) is 15.3. The Labute approximate surface area is 141 Å². The van der Waals surface area contributed by atoms with Crippen molar-refractivity contribution in [3.05, 3.63) is 30.4 Å². The zero-order valence-corrected chi connectivity index (χ0v) is 13.7. The van der Waals surface area contributed by atoms with Crippen LogP contribution in [-0.4, -0.2) is 38.5 Å². The number of amides is 1. The van der Waals surface area contributed by atoms with Gasteiger partial charge in [-0.2, -0.15) is 4.98 Å². The van der Waals surface area contributed by atoms with E-state index in [4.69, 9.17) is 4.52 Å². The van der Waals surface area contributed by atoms with Gasteiger partial charge in [-0.3, -0.25) is 9.78 Å². The molecule has 1 amide bonds. The second-order valence-electron chi connectivity index (χ2n) is 6.75. The fraction of sp³-hybridized carbons (Fsp3) is 0.556. The predicted molar refractivity (Wildman–Crippen MR) is 87.9 cm³/mol. The Hall–Kier alpha value is -2.24. The zero-order chi connectivity index (χ0) is 16.4. The van der Waals surface area contributed by atoms with E-state index in [1.807, 2.05) is 12.1 Å². The summed E-state index contributed by atoms with van der Waals surface area (Å²) in [5.41, 5.74) is 0.832. The lowest BCUT2D eigenvalue weighted by molar-refractivity contribution is -0.139. The van der Waals surface area contributed by atoms with E-state index in [0.717, 1.165) is 50.6 Å². The smallest absolute Gasteiger partial charge is 0.259 e. The van der Waals surface area contributed by atoms with Crippen molar-refractivity contribution >= 4 is 5.91 Å². The Morgan fingerprint density at radius 2 is 2.21 bits per heavy atom. The molecule has 0 N–H and O–H groups in total. The van der Waals surface area contributed by atoms with Gasteiger partial charge in [-0.1, -0.05) is 11.6 Å². The lowest BCUT2D eigenvalue weighted by atomic mass is 9.84. The van der Waals surface area contributed by atoms with Crippen LogP contribution in [0.15, 0.2) is 29.0 Å². The summed E-state index contributed by atoms with van der Waals surface area (Å²) in [6.45, 7) is 0.910. The van der Waals surface area contributed by atoms with E-state index in [0.29, 0.717) is 23.7 Å². The van der Waals surface area contributed by atoms with Crippen LogP contribution in [0.25, 0.3) is 11.5 Å². The van der Waals surface area contributed by atoms with Gasteiger partial charge in [-0.25, -0.2) is 0 Å². The molecule has 0 aromatic carbocycles. The van der Waals surface area contributed by atoms with E-state index in [-0.39, 0.29) is 5.92 Å². The summed E-state index contributed by atoms with van der Waals surface area (Å²) in [4.78, 5) is 23.1. The number of rotatable bonds is 5. The Bertz CT molecular complexity index is 696. The average molecular weight is 326 g/mol. The maximum absolute atomic E-state index is 12.5. The molecule has 126 valence electrons. The van der Waals surface area contributed by atoms with Gasteiger partial charge < -0.3 is 9.42 Å². The maximum atomic E-state index is 12.5. The largest absolute Gasteiger partial charge is 0.339 e. The number of hydrogen-bond donors (Lipinski definition) is 0. The van der Waals surface area contributed by atoms with Gasteiger partial charge in [0.25, 0.3) is 5.89 Å². The van der Waals surface area contributed by atoms with Crippen molar-refractivity contribution in [2.75, 3.05) is 6.54 Å². The molecule has 0 spiro atoms. The molecule has 0 radical (unpaired) electrons. The quantitative estimate of drug-likeness (QED) is 0.845. The first-order valence-electron chi connectivity index (χ1n) is 8.85. The predicted octanol–water partition coefficient (Wildman–Crippen LogP) is 2.86. The SMILES string of the molecule is O=C(C1CCC1)N1CCCC1CCc1noc(-c2cccnc2)n1. The Kier molecular flexibility index (Phi) is 4.28. The molecular formula is C18H22N4O2. The molecule has 1 aliphatic heterocycles. The summed E-state index contributed by atoms with van der Waals surface area (Å²) in [7, 11) is 0. The number of hydrogen-bond acceptors (Lipinski definition) is 5. The lowest BCUT2D eigenvalue weighted by Crippen LogP contribution is -2.41. The number of pyridine rings is 1. The molecular weight excluding hydrogens is 304 g/mol. The van der Waals surface area contributed by atoms with E-state index in [1.54, 1.807) is 12.4 Å². The standard InChI is InChI=1S/C18H22N4O2/c23-18(13-4-1-5-13)22-11-3-7-15(22)8-9-16-20-17(24-21-16)14-6-2-10-19-12-14/h2,6,10,12-13,15H,1,3-5,7-9,11H2. The summed E-state index contributed by atoms with van der Waals surface area (Å²) >= 11 is 0. The van der Waals surface area contributed by atoms with E-state index in [9.17, 15) is 4.79 Å². The van der Waals surface area contributed by atoms with Crippen LogP contribution in [-0.2, 0) is 11.2 Å². The van der Waals surface area contributed by atoms with Gasteiger partial charge in [0.15, 0.2) is 5.82 Å². The number of aryl methyl sites for hydroxylation is 1. The second-order valence-corrected chi connectivity index (χ2v) is 6.75. The molecule has 6 heteroatoms. The van der Waals surface area contributed by atoms with Crippen LogP contribution in [0.4, 0.5) is 0 Å². The second kappa shape index (κ2) is 6.71. The first-order valence-corrected chi connectivity index (χ1v) is 8.85. The van der Waals surface area contributed by atoms with Crippen molar-refractivity contribution in [2.24, 2.45) is 5.92 Å². The van der Waals surface area contributed by atoms with Crippen molar-refractivity contribution in [2.45, 2.75) is 51.0 Å². The topological polar surface area (TPSA) is 72.1 Å². The van der Waals surface area contributed by atoms with Crippen molar-refractivity contribution in [1.29, 1.82) is 0 Å². The summed E-state index contributed by atoms with van der Waals surface area (Å²) < 4.78 is 5.32. The fourth-order valence-corrected chi connectivity index (χ4v) is 3.57. The number of carbonyl (C=O) groups excluding carboxylic acids is 1. The maximum Gasteiger partial charge on any atom is 0.259 e. The van der Waals surface area contributed by atoms with E-state index < -0.39 is 0 Å². The molecule has 1 aliphatic carbocycles. The molecule has 6 nitrogen and oxygen atoms in total. The molecule has 4 rings (SSSR count). The molecule has 2 aromatic heterocycles. The van der Waals surface area contributed by atoms with Gasteiger partial charge in [-0.15, -0.1) is 0 Å². The molecule has 2 fully saturated rings. The lowest BCUT2D eigenvalue weighted by Gasteiger charge is -2.32. The molecule has 3 heterocycles. The Morgan fingerprint density at radius 3 is 2.96 bits per heavy atom. The monoisotopic (exact) mass is 326 g/mol. The van der Waals surface area contributed by atoms with Crippen molar-refractivity contribution in [1.82, 2.24) is 20.0 Å². The third kappa shape index (κ3) is 3.05. The van der Waals surface area contributed by atoms with Crippen molar-refractivity contribution in [3.63, 3.8) is 0 Å². The fourth-order valence-electron chi connectivity index (χ4n) is 3.57. The molecule has 1 unspecified atom stereocenters. The first-order chi connectivity index (χ1) is 11.8. The summed E-state index contributed by atoms with van der Waals surface area (Å²) in [5, 5.41) is 4.07. The molecule has 2 aliphatic rings. The number of nitrogens with zero attached hydrogens (tertiary/aromatic N) is 4. The Morgan fingerprint density at radius 1 is 1.29 bits per heavy atom. The Balaban J connectivity index is 1.36. The van der Waals surface area contributed by atoms with Gasteiger partial charge >= 0.3 is 0 Å². The molecule has 1 atom stereocenters. The van der Waals surface area contributed by atoms with Gasteiger partial charge in [0.2, 0.25) is 5.91 Å². The van der Waals surface area contributed by atoms with Crippen LogP contribution in [0.5, 0.6) is 0 Å². The van der Waals surface area contributed by atoms with Crippen LogP contribution in [0.2, 0.25) is 0 Å². The molecule has 2 aromatic rings. The average Bonchev–Trinajstić information content (AvgIpc) is 3.21. The molecule has 1 saturated heterocycles. The van der Waals surface area contributed by atoms with Crippen LogP contribution in [0.1, 0.15) is 44.3 Å². The highest BCUT2D eigenvalue weighted by molar-refractivity contribution is 5.80. The van der Waals surface area contributed by atoms with Crippen LogP contribution >= 0.6 is 0 Å². The number of carbonyl (C=O) groups is 1.